The van der Waals surface area contributed by atoms with Crippen molar-refractivity contribution in [3.05, 3.63) is 34.3 Å². The van der Waals surface area contributed by atoms with Gasteiger partial charge in [-0.25, -0.2) is 0 Å². The Bertz CT molecular complexity index is 446. The number of rotatable bonds is 5. The summed E-state index contributed by atoms with van der Waals surface area (Å²) in [6.45, 7) is 4.25. The smallest absolute Gasteiger partial charge is 0.303 e. The van der Waals surface area contributed by atoms with Crippen LogP contribution in [0.3, 0.4) is 0 Å². The molecule has 0 aromatic heterocycles. The van der Waals surface area contributed by atoms with Gasteiger partial charge in [0.15, 0.2) is 0 Å². The number of carboxylic acids is 1. The lowest BCUT2D eigenvalue weighted by Crippen LogP contribution is -2.42. The highest BCUT2D eigenvalue weighted by atomic mass is 79.9. The zero-order valence-electron chi connectivity index (χ0n) is 11.9. The van der Waals surface area contributed by atoms with Crippen LogP contribution in [0, 0.1) is 5.92 Å². The molecule has 1 aromatic rings. The van der Waals surface area contributed by atoms with E-state index in [1.54, 1.807) is 0 Å². The maximum atomic E-state index is 10.8. The number of piperidine rings is 1. The number of carboxylic acid groups (broad SMARTS) is 1. The molecule has 2 rings (SSSR count). The molecule has 0 aliphatic carbocycles. The molecule has 1 saturated heterocycles. The van der Waals surface area contributed by atoms with E-state index in [2.05, 4.69) is 52.0 Å². The number of nitrogens with zero attached hydrogens (tertiary/aromatic N) is 1. The fraction of sp³-hybridized carbons (Fsp3) is 0.562. The van der Waals surface area contributed by atoms with Gasteiger partial charge in [-0.2, -0.15) is 0 Å². The van der Waals surface area contributed by atoms with E-state index < -0.39 is 5.97 Å². The average molecular weight is 340 g/mol. The predicted molar refractivity (Wildman–Crippen MR) is 83.9 cm³/mol. The number of hydrogen-bond donors (Lipinski definition) is 1. The van der Waals surface area contributed by atoms with Crippen molar-refractivity contribution in [1.29, 1.82) is 0 Å². The quantitative estimate of drug-likeness (QED) is 0.891. The van der Waals surface area contributed by atoms with Crippen molar-refractivity contribution < 1.29 is 9.90 Å². The first kappa shape index (κ1) is 15.5. The Hall–Kier alpha value is -0.870. The van der Waals surface area contributed by atoms with Gasteiger partial charge in [-0.1, -0.05) is 28.1 Å². The van der Waals surface area contributed by atoms with Crippen LogP contribution in [0.15, 0.2) is 28.7 Å². The van der Waals surface area contributed by atoms with Crippen LogP contribution in [0.4, 0.5) is 0 Å². The Morgan fingerprint density at radius 2 is 2.15 bits per heavy atom. The van der Waals surface area contributed by atoms with E-state index in [0.717, 1.165) is 36.8 Å². The minimum absolute atomic E-state index is 0.307. The summed E-state index contributed by atoms with van der Waals surface area (Å²) in [7, 11) is 0. The molecule has 1 N–H and O–H groups in total. The second kappa shape index (κ2) is 7.23. The normalized spacial score (nSPS) is 21.6. The molecular weight excluding hydrogens is 318 g/mol. The van der Waals surface area contributed by atoms with Crippen LogP contribution in [0.25, 0.3) is 0 Å². The third-order valence-corrected chi connectivity index (χ3v) is 4.61. The molecule has 0 bridgehead atoms. The van der Waals surface area contributed by atoms with Crippen LogP contribution >= 0.6 is 15.9 Å². The summed E-state index contributed by atoms with van der Waals surface area (Å²) in [6.07, 6.45) is 3.49. The van der Waals surface area contributed by atoms with E-state index in [0.29, 0.717) is 18.4 Å². The maximum absolute atomic E-state index is 10.8. The Morgan fingerprint density at radius 1 is 1.45 bits per heavy atom. The molecule has 0 saturated carbocycles. The van der Waals surface area contributed by atoms with E-state index >= 15 is 0 Å². The lowest BCUT2D eigenvalue weighted by Gasteiger charge is -2.36. The molecule has 1 fully saturated rings. The standard InChI is InChI=1S/C16H22BrNO2/c1-12(9-13-4-6-15(17)7-5-13)18-8-2-3-14(11-18)10-16(19)20/h4-7,12,14H,2-3,8-11H2,1H3,(H,19,20). The molecule has 0 radical (unpaired) electrons. The Balaban J connectivity index is 1.89. The summed E-state index contributed by atoms with van der Waals surface area (Å²) in [5, 5.41) is 8.93. The summed E-state index contributed by atoms with van der Waals surface area (Å²) in [4.78, 5) is 13.3. The van der Waals surface area contributed by atoms with Gasteiger partial charge in [0, 0.05) is 23.5 Å². The summed E-state index contributed by atoms with van der Waals surface area (Å²) in [5.74, 6) is -0.356. The van der Waals surface area contributed by atoms with Crippen molar-refractivity contribution in [1.82, 2.24) is 4.90 Å². The van der Waals surface area contributed by atoms with Gasteiger partial charge in [0.05, 0.1) is 0 Å². The van der Waals surface area contributed by atoms with Gasteiger partial charge in [-0.3, -0.25) is 4.79 Å². The minimum atomic E-state index is -0.669. The van der Waals surface area contributed by atoms with Gasteiger partial charge >= 0.3 is 5.97 Å². The molecule has 2 unspecified atom stereocenters. The molecule has 110 valence electrons. The lowest BCUT2D eigenvalue weighted by atomic mass is 9.93. The van der Waals surface area contributed by atoms with Gasteiger partial charge in [-0.15, -0.1) is 0 Å². The van der Waals surface area contributed by atoms with E-state index in [1.807, 2.05) is 0 Å². The van der Waals surface area contributed by atoms with Crippen LogP contribution in [0.5, 0.6) is 0 Å². The van der Waals surface area contributed by atoms with Crippen LogP contribution in [-0.2, 0) is 11.2 Å². The third kappa shape index (κ3) is 4.60. The molecule has 3 nitrogen and oxygen atoms in total. The summed E-state index contributed by atoms with van der Waals surface area (Å²) >= 11 is 3.45. The molecule has 20 heavy (non-hydrogen) atoms. The number of halogens is 1. The summed E-state index contributed by atoms with van der Waals surface area (Å²) < 4.78 is 1.10. The number of hydrogen-bond acceptors (Lipinski definition) is 2. The van der Waals surface area contributed by atoms with Crippen LogP contribution < -0.4 is 0 Å². The number of likely N-dealkylation sites (tertiary alicyclic amines) is 1. The van der Waals surface area contributed by atoms with Crippen molar-refractivity contribution in [3.63, 3.8) is 0 Å². The first-order chi connectivity index (χ1) is 9.54. The fourth-order valence-electron chi connectivity index (χ4n) is 3.00. The highest BCUT2D eigenvalue weighted by Crippen LogP contribution is 2.23. The summed E-state index contributed by atoms with van der Waals surface area (Å²) in [6, 6.07) is 8.92. The minimum Gasteiger partial charge on any atom is -0.481 e. The fourth-order valence-corrected chi connectivity index (χ4v) is 3.27. The van der Waals surface area contributed by atoms with Gasteiger partial charge in [-0.05, 0) is 56.3 Å². The van der Waals surface area contributed by atoms with E-state index in [-0.39, 0.29) is 0 Å². The molecular formula is C16H22BrNO2. The lowest BCUT2D eigenvalue weighted by molar-refractivity contribution is -0.138. The number of benzene rings is 1. The molecule has 1 aliphatic heterocycles. The molecule has 1 aromatic carbocycles. The molecule has 0 spiro atoms. The van der Waals surface area contributed by atoms with E-state index in [9.17, 15) is 4.79 Å². The Kier molecular flexibility index (Phi) is 5.61. The monoisotopic (exact) mass is 339 g/mol. The first-order valence-corrected chi connectivity index (χ1v) is 8.04. The topological polar surface area (TPSA) is 40.5 Å². The molecule has 0 amide bonds. The van der Waals surface area contributed by atoms with Crippen LogP contribution in [-0.4, -0.2) is 35.1 Å². The first-order valence-electron chi connectivity index (χ1n) is 7.25. The van der Waals surface area contributed by atoms with Gasteiger partial charge in [0.25, 0.3) is 0 Å². The van der Waals surface area contributed by atoms with E-state index in [1.165, 1.54) is 5.56 Å². The highest BCUT2D eigenvalue weighted by molar-refractivity contribution is 9.10. The maximum Gasteiger partial charge on any atom is 0.303 e. The third-order valence-electron chi connectivity index (χ3n) is 4.08. The highest BCUT2D eigenvalue weighted by Gasteiger charge is 2.25. The second-order valence-corrected chi connectivity index (χ2v) is 6.70. The zero-order chi connectivity index (χ0) is 14.5. The van der Waals surface area contributed by atoms with Crippen molar-refractivity contribution in [2.75, 3.05) is 13.1 Å². The number of aliphatic carboxylic acids is 1. The van der Waals surface area contributed by atoms with Crippen molar-refractivity contribution >= 4 is 21.9 Å². The Morgan fingerprint density at radius 3 is 2.80 bits per heavy atom. The molecule has 1 aliphatic rings. The SMILES string of the molecule is CC(Cc1ccc(Br)cc1)N1CCCC(CC(=O)O)C1. The van der Waals surface area contributed by atoms with Crippen molar-refractivity contribution in [2.24, 2.45) is 5.92 Å². The summed E-state index contributed by atoms with van der Waals surface area (Å²) in [5.41, 5.74) is 1.33. The van der Waals surface area contributed by atoms with E-state index in [4.69, 9.17) is 5.11 Å². The van der Waals surface area contributed by atoms with Crippen LogP contribution in [0.1, 0.15) is 31.7 Å². The Labute approximate surface area is 129 Å². The van der Waals surface area contributed by atoms with Gasteiger partial charge in [0.1, 0.15) is 0 Å². The zero-order valence-corrected chi connectivity index (χ0v) is 13.5. The number of carbonyl (C=O) groups is 1. The van der Waals surface area contributed by atoms with Gasteiger partial charge in [0.2, 0.25) is 0 Å². The average Bonchev–Trinajstić information content (AvgIpc) is 2.41. The molecule has 2 atom stereocenters. The largest absolute Gasteiger partial charge is 0.481 e. The van der Waals surface area contributed by atoms with Gasteiger partial charge < -0.3 is 10.0 Å². The predicted octanol–water partition coefficient (Wildman–Crippen LogP) is 3.57. The van der Waals surface area contributed by atoms with Crippen molar-refractivity contribution in [2.45, 2.75) is 38.6 Å². The molecule has 1 heterocycles. The molecule has 4 heteroatoms. The second-order valence-electron chi connectivity index (χ2n) is 5.78. The van der Waals surface area contributed by atoms with Crippen molar-refractivity contribution in [3.8, 4) is 0 Å². The van der Waals surface area contributed by atoms with Crippen LogP contribution in [0.2, 0.25) is 0 Å².